The maximum absolute atomic E-state index is 12.0. The molecule has 120 valence electrons. The minimum absolute atomic E-state index is 0.209. The van der Waals surface area contributed by atoms with Gasteiger partial charge in [0.05, 0.1) is 12.8 Å². The summed E-state index contributed by atoms with van der Waals surface area (Å²) in [5.41, 5.74) is 2.81. The number of anilines is 1. The summed E-state index contributed by atoms with van der Waals surface area (Å²) in [6, 6.07) is 17.3. The van der Waals surface area contributed by atoms with E-state index in [1.54, 1.807) is 13.2 Å². The van der Waals surface area contributed by atoms with Gasteiger partial charge in [-0.25, -0.2) is 4.98 Å². The lowest BCUT2D eigenvalue weighted by Crippen LogP contribution is -2.07. The standard InChI is InChI=1S/C19H16N2O2S/c1-23-16-10-7-14(8-11-16)9-12-18(22)21-19-20-17(13-24-19)15-5-3-2-4-6-15/h2-13H,1H3,(H,20,21,22). The van der Waals surface area contributed by atoms with E-state index in [4.69, 9.17) is 4.74 Å². The summed E-state index contributed by atoms with van der Waals surface area (Å²) in [5, 5.41) is 5.29. The molecule has 5 heteroatoms. The van der Waals surface area contributed by atoms with Gasteiger partial charge in [-0.05, 0) is 23.8 Å². The quantitative estimate of drug-likeness (QED) is 0.699. The van der Waals surface area contributed by atoms with Crippen LogP contribution in [0.4, 0.5) is 5.13 Å². The SMILES string of the molecule is COc1ccc(C=CC(=O)Nc2nc(-c3ccccc3)cs2)cc1. The van der Waals surface area contributed by atoms with Gasteiger partial charge in [-0.1, -0.05) is 42.5 Å². The van der Waals surface area contributed by atoms with Crippen LogP contribution in [0.5, 0.6) is 5.75 Å². The first-order chi connectivity index (χ1) is 11.7. The maximum atomic E-state index is 12.0. The van der Waals surface area contributed by atoms with Crippen molar-refractivity contribution >= 4 is 28.5 Å². The predicted molar refractivity (Wildman–Crippen MR) is 98.2 cm³/mol. The van der Waals surface area contributed by atoms with Gasteiger partial charge in [0.1, 0.15) is 5.75 Å². The van der Waals surface area contributed by atoms with Crippen LogP contribution in [0.25, 0.3) is 17.3 Å². The largest absolute Gasteiger partial charge is 0.497 e. The molecule has 24 heavy (non-hydrogen) atoms. The zero-order valence-corrected chi connectivity index (χ0v) is 13.9. The highest BCUT2D eigenvalue weighted by Gasteiger charge is 2.05. The Morgan fingerprint density at radius 1 is 1.12 bits per heavy atom. The molecule has 2 aromatic carbocycles. The molecule has 0 atom stereocenters. The second-order valence-electron chi connectivity index (χ2n) is 5.00. The number of methoxy groups -OCH3 is 1. The van der Waals surface area contributed by atoms with Crippen molar-refractivity contribution in [2.24, 2.45) is 0 Å². The van der Waals surface area contributed by atoms with Gasteiger partial charge in [-0.15, -0.1) is 11.3 Å². The highest BCUT2D eigenvalue weighted by atomic mass is 32.1. The van der Waals surface area contributed by atoms with Crippen LogP contribution in [0.15, 0.2) is 66.1 Å². The van der Waals surface area contributed by atoms with Crippen molar-refractivity contribution < 1.29 is 9.53 Å². The molecule has 0 aliphatic rings. The van der Waals surface area contributed by atoms with Crippen LogP contribution in [0, 0.1) is 0 Å². The van der Waals surface area contributed by atoms with Crippen LogP contribution in [0.3, 0.4) is 0 Å². The van der Waals surface area contributed by atoms with Gasteiger partial charge in [0, 0.05) is 17.0 Å². The molecule has 0 fully saturated rings. The lowest BCUT2D eigenvalue weighted by molar-refractivity contribution is -0.111. The van der Waals surface area contributed by atoms with Gasteiger partial charge >= 0.3 is 0 Å². The number of ether oxygens (including phenoxy) is 1. The molecular formula is C19H16N2O2S. The molecule has 1 amide bonds. The summed E-state index contributed by atoms with van der Waals surface area (Å²) in [4.78, 5) is 16.4. The number of benzene rings is 2. The molecular weight excluding hydrogens is 320 g/mol. The molecule has 0 aliphatic carbocycles. The minimum Gasteiger partial charge on any atom is -0.497 e. The van der Waals surface area contributed by atoms with Crippen LogP contribution in [-0.2, 0) is 4.79 Å². The molecule has 0 saturated carbocycles. The molecule has 0 aliphatic heterocycles. The number of carbonyl (C=O) groups excluding carboxylic acids is 1. The third kappa shape index (κ3) is 4.08. The topological polar surface area (TPSA) is 51.2 Å². The van der Waals surface area contributed by atoms with Gasteiger partial charge < -0.3 is 4.74 Å². The van der Waals surface area contributed by atoms with Crippen molar-refractivity contribution in [1.82, 2.24) is 4.98 Å². The Balaban J connectivity index is 1.62. The van der Waals surface area contributed by atoms with Crippen molar-refractivity contribution in [3.05, 3.63) is 71.6 Å². The van der Waals surface area contributed by atoms with E-state index in [2.05, 4.69) is 10.3 Å². The predicted octanol–water partition coefficient (Wildman–Crippen LogP) is 4.47. The Labute approximate surface area is 144 Å². The number of nitrogens with zero attached hydrogens (tertiary/aromatic N) is 1. The highest BCUT2D eigenvalue weighted by molar-refractivity contribution is 7.14. The average Bonchev–Trinajstić information content (AvgIpc) is 3.09. The van der Waals surface area contributed by atoms with E-state index in [1.807, 2.05) is 60.0 Å². The lowest BCUT2D eigenvalue weighted by Gasteiger charge is -1.99. The monoisotopic (exact) mass is 336 g/mol. The lowest BCUT2D eigenvalue weighted by atomic mass is 10.2. The van der Waals surface area contributed by atoms with Gasteiger partial charge in [-0.3, -0.25) is 10.1 Å². The first-order valence-electron chi connectivity index (χ1n) is 7.38. The number of nitrogens with one attached hydrogen (secondary N) is 1. The highest BCUT2D eigenvalue weighted by Crippen LogP contribution is 2.24. The van der Waals surface area contributed by atoms with Crippen molar-refractivity contribution in [1.29, 1.82) is 0 Å². The summed E-state index contributed by atoms with van der Waals surface area (Å²) in [6.07, 6.45) is 3.24. The maximum Gasteiger partial charge on any atom is 0.250 e. The molecule has 1 aromatic heterocycles. The Bertz CT molecular complexity index is 839. The summed E-state index contributed by atoms with van der Waals surface area (Å²) in [7, 11) is 1.62. The molecule has 0 radical (unpaired) electrons. The van der Waals surface area contributed by atoms with Gasteiger partial charge in [0.15, 0.2) is 5.13 Å². The molecule has 1 heterocycles. The van der Waals surface area contributed by atoms with Crippen LogP contribution >= 0.6 is 11.3 Å². The third-order valence-corrected chi connectivity index (χ3v) is 4.10. The number of hydrogen-bond donors (Lipinski definition) is 1. The Kier molecular flexibility index (Phi) is 5.03. The molecule has 3 aromatic rings. The van der Waals surface area contributed by atoms with Gasteiger partial charge in [0.2, 0.25) is 5.91 Å². The molecule has 4 nitrogen and oxygen atoms in total. The fraction of sp³-hybridized carbons (Fsp3) is 0.0526. The van der Waals surface area contributed by atoms with Crippen LogP contribution in [0.1, 0.15) is 5.56 Å². The van der Waals surface area contributed by atoms with E-state index in [1.165, 1.54) is 17.4 Å². The van der Waals surface area contributed by atoms with Gasteiger partial charge in [-0.2, -0.15) is 0 Å². The summed E-state index contributed by atoms with van der Waals surface area (Å²) in [6.45, 7) is 0. The smallest absolute Gasteiger partial charge is 0.250 e. The Hall–Kier alpha value is -2.92. The Morgan fingerprint density at radius 2 is 1.88 bits per heavy atom. The van der Waals surface area contributed by atoms with E-state index in [0.717, 1.165) is 22.6 Å². The number of hydrogen-bond acceptors (Lipinski definition) is 4. The van der Waals surface area contributed by atoms with E-state index in [-0.39, 0.29) is 5.91 Å². The van der Waals surface area contributed by atoms with E-state index in [0.29, 0.717) is 5.13 Å². The summed E-state index contributed by atoms with van der Waals surface area (Å²) in [5.74, 6) is 0.576. The Morgan fingerprint density at radius 3 is 2.58 bits per heavy atom. The van der Waals surface area contributed by atoms with Crippen LogP contribution < -0.4 is 10.1 Å². The van der Waals surface area contributed by atoms with Crippen molar-refractivity contribution in [2.75, 3.05) is 12.4 Å². The molecule has 0 bridgehead atoms. The first-order valence-corrected chi connectivity index (χ1v) is 8.26. The minimum atomic E-state index is -0.209. The zero-order valence-electron chi connectivity index (χ0n) is 13.1. The van der Waals surface area contributed by atoms with Crippen LogP contribution in [-0.4, -0.2) is 18.0 Å². The van der Waals surface area contributed by atoms with Crippen LogP contribution in [0.2, 0.25) is 0 Å². The second-order valence-corrected chi connectivity index (χ2v) is 5.86. The number of carbonyl (C=O) groups is 1. The number of rotatable bonds is 5. The van der Waals surface area contributed by atoms with E-state index in [9.17, 15) is 4.79 Å². The van der Waals surface area contributed by atoms with Crippen molar-refractivity contribution in [3.63, 3.8) is 0 Å². The number of aromatic nitrogens is 1. The van der Waals surface area contributed by atoms with Gasteiger partial charge in [0.25, 0.3) is 0 Å². The fourth-order valence-electron chi connectivity index (χ4n) is 2.11. The molecule has 0 saturated heterocycles. The summed E-state index contributed by atoms with van der Waals surface area (Å²) >= 11 is 1.41. The molecule has 0 spiro atoms. The number of amides is 1. The van der Waals surface area contributed by atoms with Crippen molar-refractivity contribution in [2.45, 2.75) is 0 Å². The zero-order chi connectivity index (χ0) is 16.8. The van der Waals surface area contributed by atoms with E-state index >= 15 is 0 Å². The molecule has 0 unspecified atom stereocenters. The fourth-order valence-corrected chi connectivity index (χ4v) is 2.83. The molecule has 1 N–H and O–H groups in total. The number of thiazole rings is 1. The first kappa shape index (κ1) is 16.0. The average molecular weight is 336 g/mol. The third-order valence-electron chi connectivity index (χ3n) is 3.35. The molecule has 3 rings (SSSR count). The summed E-state index contributed by atoms with van der Waals surface area (Å²) < 4.78 is 5.10. The van der Waals surface area contributed by atoms with E-state index < -0.39 is 0 Å². The van der Waals surface area contributed by atoms with Crippen molar-refractivity contribution in [3.8, 4) is 17.0 Å². The normalized spacial score (nSPS) is 10.7. The second kappa shape index (κ2) is 7.57.